The highest BCUT2D eigenvalue weighted by Crippen LogP contribution is 2.39. The number of ether oxygens (including phenoxy) is 4. The van der Waals surface area contributed by atoms with Crippen LogP contribution >= 0.6 is 11.8 Å². The monoisotopic (exact) mass is 418 g/mol. The van der Waals surface area contributed by atoms with Crippen LogP contribution in [-0.4, -0.2) is 55.3 Å². The van der Waals surface area contributed by atoms with Crippen LogP contribution in [0.15, 0.2) is 0 Å². The normalized spacial score (nSPS) is 24.6. The summed E-state index contributed by atoms with van der Waals surface area (Å²) in [4.78, 5) is 12.2. The molecule has 1 aliphatic rings. The molecule has 0 radical (unpaired) electrons. The van der Waals surface area contributed by atoms with E-state index in [1.165, 1.54) is 0 Å². The SMILES string of the molecule is CCCCOC[C@H]1SC(OC(=O)CCCC)[C@@H](OCCCC)[C@@H]1OCCCC. The van der Waals surface area contributed by atoms with E-state index in [1.54, 1.807) is 11.8 Å². The molecule has 28 heavy (non-hydrogen) atoms. The number of rotatable bonds is 17. The number of carbonyl (C=O) groups is 1. The van der Waals surface area contributed by atoms with Crippen LogP contribution in [0.5, 0.6) is 0 Å². The van der Waals surface area contributed by atoms with Crippen molar-refractivity contribution in [2.45, 2.75) is 108 Å². The summed E-state index contributed by atoms with van der Waals surface area (Å²) in [5, 5.41) is 0.129. The fourth-order valence-electron chi connectivity index (χ4n) is 2.98. The molecule has 0 bridgehead atoms. The molecule has 0 N–H and O–H groups in total. The fraction of sp³-hybridized carbons (Fsp3) is 0.955. The van der Waals surface area contributed by atoms with Gasteiger partial charge in [0, 0.05) is 26.2 Å². The zero-order valence-electron chi connectivity index (χ0n) is 18.5. The summed E-state index contributed by atoms with van der Waals surface area (Å²) in [5.74, 6) is -0.136. The second-order valence-electron chi connectivity index (χ2n) is 7.44. The first-order valence-corrected chi connectivity index (χ1v) is 12.3. The van der Waals surface area contributed by atoms with Gasteiger partial charge >= 0.3 is 5.97 Å². The van der Waals surface area contributed by atoms with Gasteiger partial charge in [-0.1, -0.05) is 53.4 Å². The third kappa shape index (κ3) is 9.95. The summed E-state index contributed by atoms with van der Waals surface area (Å²) in [6, 6.07) is 0. The van der Waals surface area contributed by atoms with E-state index in [2.05, 4.69) is 27.7 Å². The van der Waals surface area contributed by atoms with Gasteiger partial charge in [-0.05, 0) is 25.7 Å². The zero-order chi connectivity index (χ0) is 20.6. The molecule has 0 aromatic rings. The van der Waals surface area contributed by atoms with Gasteiger partial charge < -0.3 is 18.9 Å². The van der Waals surface area contributed by atoms with E-state index in [0.717, 1.165) is 58.0 Å². The Morgan fingerprint density at radius 2 is 1.36 bits per heavy atom. The maximum atomic E-state index is 12.2. The Hall–Kier alpha value is -0.300. The van der Waals surface area contributed by atoms with Crippen LogP contribution in [0, 0.1) is 0 Å². The number of hydrogen-bond donors (Lipinski definition) is 0. The fourth-order valence-corrected chi connectivity index (χ4v) is 4.44. The Kier molecular flexibility index (Phi) is 15.2. The minimum absolute atomic E-state index is 0.0981. The first-order valence-electron chi connectivity index (χ1n) is 11.3. The van der Waals surface area contributed by atoms with Crippen LogP contribution in [0.25, 0.3) is 0 Å². The van der Waals surface area contributed by atoms with Crippen molar-refractivity contribution in [3.63, 3.8) is 0 Å². The van der Waals surface area contributed by atoms with Gasteiger partial charge in [-0.25, -0.2) is 0 Å². The molecule has 4 atom stereocenters. The third-order valence-corrected chi connectivity index (χ3v) is 6.18. The molecule has 1 aliphatic heterocycles. The first kappa shape index (κ1) is 25.7. The van der Waals surface area contributed by atoms with Gasteiger partial charge in [-0.15, -0.1) is 11.8 Å². The Balaban J connectivity index is 2.76. The maximum Gasteiger partial charge on any atom is 0.306 e. The van der Waals surface area contributed by atoms with Crippen molar-refractivity contribution < 1.29 is 23.7 Å². The van der Waals surface area contributed by atoms with E-state index >= 15 is 0 Å². The lowest BCUT2D eigenvalue weighted by molar-refractivity contribution is -0.156. The molecule has 0 aliphatic carbocycles. The summed E-state index contributed by atoms with van der Waals surface area (Å²) < 4.78 is 24.1. The van der Waals surface area contributed by atoms with Gasteiger partial charge in [0.15, 0.2) is 5.44 Å². The van der Waals surface area contributed by atoms with Crippen molar-refractivity contribution in [1.29, 1.82) is 0 Å². The van der Waals surface area contributed by atoms with Crippen molar-refractivity contribution in [2.75, 3.05) is 26.4 Å². The molecule has 0 saturated carbocycles. The Bertz CT molecular complexity index is 393. The van der Waals surface area contributed by atoms with Crippen molar-refractivity contribution >= 4 is 17.7 Å². The van der Waals surface area contributed by atoms with E-state index in [0.29, 0.717) is 26.2 Å². The number of unbranched alkanes of at least 4 members (excludes halogenated alkanes) is 4. The van der Waals surface area contributed by atoms with Gasteiger partial charge in [0.25, 0.3) is 0 Å². The summed E-state index contributed by atoms with van der Waals surface area (Å²) in [5.41, 5.74) is -0.312. The summed E-state index contributed by atoms with van der Waals surface area (Å²) in [7, 11) is 0. The predicted octanol–water partition coefficient (Wildman–Crippen LogP) is 5.35. The summed E-state index contributed by atoms with van der Waals surface area (Å²) >= 11 is 1.64. The molecular formula is C22H42O5S. The Morgan fingerprint density at radius 1 is 0.786 bits per heavy atom. The molecule has 1 heterocycles. The largest absolute Gasteiger partial charge is 0.448 e. The molecule has 5 nitrogen and oxygen atoms in total. The average Bonchev–Trinajstić information content (AvgIpc) is 3.00. The minimum atomic E-state index is -0.312. The molecule has 0 spiro atoms. The molecule has 1 rings (SSSR count). The van der Waals surface area contributed by atoms with Crippen molar-refractivity contribution in [3.05, 3.63) is 0 Å². The second-order valence-corrected chi connectivity index (χ2v) is 8.79. The third-order valence-electron chi connectivity index (χ3n) is 4.79. The van der Waals surface area contributed by atoms with E-state index in [9.17, 15) is 4.79 Å². The average molecular weight is 419 g/mol. The standard InChI is InChI=1S/C22H42O5S/c1-5-9-13-19(23)27-22-21(26-16-12-8-4)20(25-15-11-7-3)18(28-22)17-24-14-10-6-2/h18,20-22H,5-17H2,1-4H3/t18-,20-,21+,22?/m1/s1. The predicted molar refractivity (Wildman–Crippen MR) is 116 cm³/mol. The van der Waals surface area contributed by atoms with Crippen molar-refractivity contribution in [2.24, 2.45) is 0 Å². The lowest BCUT2D eigenvalue weighted by atomic mass is 10.1. The lowest BCUT2D eigenvalue weighted by Crippen LogP contribution is -2.40. The first-order chi connectivity index (χ1) is 13.7. The number of thioether (sulfide) groups is 1. The van der Waals surface area contributed by atoms with E-state index < -0.39 is 0 Å². The molecule has 1 unspecified atom stereocenters. The Labute approximate surface area is 176 Å². The minimum Gasteiger partial charge on any atom is -0.448 e. The van der Waals surface area contributed by atoms with Crippen LogP contribution in [0.3, 0.4) is 0 Å². The smallest absolute Gasteiger partial charge is 0.306 e. The molecule has 6 heteroatoms. The summed E-state index contributed by atoms with van der Waals surface area (Å²) in [6.45, 7) is 11.3. The molecule has 166 valence electrons. The van der Waals surface area contributed by atoms with E-state index in [1.807, 2.05) is 0 Å². The zero-order valence-corrected chi connectivity index (χ0v) is 19.3. The van der Waals surface area contributed by atoms with E-state index in [-0.39, 0.29) is 28.9 Å². The molecule has 1 saturated heterocycles. The van der Waals surface area contributed by atoms with Gasteiger partial charge in [-0.2, -0.15) is 0 Å². The second kappa shape index (κ2) is 16.5. The van der Waals surface area contributed by atoms with Gasteiger partial charge in [0.1, 0.15) is 12.2 Å². The highest BCUT2D eigenvalue weighted by molar-refractivity contribution is 8.00. The van der Waals surface area contributed by atoms with Crippen LogP contribution in [-0.2, 0) is 23.7 Å². The Morgan fingerprint density at radius 3 is 1.96 bits per heavy atom. The molecule has 0 aromatic heterocycles. The van der Waals surface area contributed by atoms with E-state index in [4.69, 9.17) is 18.9 Å². The van der Waals surface area contributed by atoms with Gasteiger partial charge in [0.05, 0.1) is 11.9 Å². The van der Waals surface area contributed by atoms with Gasteiger partial charge in [0.2, 0.25) is 0 Å². The molecule has 1 fully saturated rings. The van der Waals surface area contributed by atoms with Crippen LogP contribution < -0.4 is 0 Å². The summed E-state index contributed by atoms with van der Waals surface area (Å²) in [6.07, 6.45) is 8.35. The lowest BCUT2D eigenvalue weighted by Gasteiger charge is -2.26. The number of carbonyl (C=O) groups excluding carboxylic acids is 1. The van der Waals surface area contributed by atoms with Crippen LogP contribution in [0.4, 0.5) is 0 Å². The highest BCUT2D eigenvalue weighted by atomic mass is 32.2. The van der Waals surface area contributed by atoms with Crippen molar-refractivity contribution in [1.82, 2.24) is 0 Å². The molecule has 0 amide bonds. The van der Waals surface area contributed by atoms with Crippen molar-refractivity contribution in [3.8, 4) is 0 Å². The van der Waals surface area contributed by atoms with Gasteiger partial charge in [-0.3, -0.25) is 4.79 Å². The number of hydrogen-bond acceptors (Lipinski definition) is 6. The quantitative estimate of drug-likeness (QED) is 0.234. The molecule has 0 aromatic carbocycles. The highest BCUT2D eigenvalue weighted by Gasteiger charge is 2.47. The van der Waals surface area contributed by atoms with Crippen LogP contribution in [0.2, 0.25) is 0 Å². The van der Waals surface area contributed by atoms with Crippen LogP contribution in [0.1, 0.15) is 85.5 Å². The molecular weight excluding hydrogens is 376 g/mol. The topological polar surface area (TPSA) is 54.0 Å². The number of esters is 1. The maximum absolute atomic E-state index is 12.2.